The van der Waals surface area contributed by atoms with Crippen LogP contribution in [0.1, 0.15) is 11.1 Å². The van der Waals surface area contributed by atoms with Gasteiger partial charge in [0, 0.05) is 11.1 Å². The van der Waals surface area contributed by atoms with Gasteiger partial charge in [0.1, 0.15) is 5.69 Å². The molecule has 0 fully saturated rings. The van der Waals surface area contributed by atoms with Gasteiger partial charge in [0.15, 0.2) is 0 Å². The van der Waals surface area contributed by atoms with E-state index < -0.39 is 8.07 Å². The molecule has 1 atom stereocenters. The monoisotopic (exact) mass is 248 g/mol. The van der Waals surface area contributed by atoms with Crippen LogP contribution in [0.15, 0.2) is 30.0 Å². The maximum Gasteiger partial charge on any atom is 0.137 e. The Kier molecular flexibility index (Phi) is 4.72. The van der Waals surface area contributed by atoms with E-state index in [1.54, 1.807) is 0 Å². The van der Waals surface area contributed by atoms with E-state index in [0.717, 1.165) is 6.54 Å². The van der Waals surface area contributed by atoms with Crippen LogP contribution in [0, 0.1) is 13.8 Å². The fourth-order valence-electron chi connectivity index (χ4n) is 2.18. The molecular formula is C15H26NSi+. The lowest BCUT2D eigenvalue weighted by Crippen LogP contribution is -3.04. The molecule has 1 rings (SSSR count). The molecule has 1 aromatic carbocycles. The van der Waals surface area contributed by atoms with E-state index in [0.29, 0.717) is 0 Å². The van der Waals surface area contributed by atoms with Gasteiger partial charge >= 0.3 is 0 Å². The predicted octanol–water partition coefficient (Wildman–Crippen LogP) is 2.88. The van der Waals surface area contributed by atoms with E-state index in [4.69, 9.17) is 0 Å². The van der Waals surface area contributed by atoms with Gasteiger partial charge in [0.05, 0.1) is 21.7 Å². The van der Waals surface area contributed by atoms with Gasteiger partial charge in [-0.25, -0.2) is 0 Å². The summed E-state index contributed by atoms with van der Waals surface area (Å²) in [5.74, 6) is 0. The summed E-state index contributed by atoms with van der Waals surface area (Å²) < 4.78 is 0. The molecule has 0 radical (unpaired) electrons. The minimum Gasteiger partial charge on any atom is -0.301 e. The first-order chi connectivity index (χ1) is 7.81. The van der Waals surface area contributed by atoms with Gasteiger partial charge in [-0.15, -0.1) is 0 Å². The van der Waals surface area contributed by atoms with Crippen molar-refractivity contribution in [2.75, 3.05) is 13.6 Å². The van der Waals surface area contributed by atoms with Gasteiger partial charge in [-0.1, -0.05) is 43.5 Å². The Morgan fingerprint density at radius 2 is 1.65 bits per heavy atom. The summed E-state index contributed by atoms with van der Waals surface area (Å²) in [6, 6.07) is 6.54. The molecule has 0 heterocycles. The van der Waals surface area contributed by atoms with E-state index in [1.807, 2.05) is 0 Å². The molecule has 0 saturated carbocycles. The maximum atomic E-state index is 2.43. The van der Waals surface area contributed by atoms with Crippen LogP contribution in [0.3, 0.4) is 0 Å². The average molecular weight is 248 g/mol. The van der Waals surface area contributed by atoms with E-state index in [2.05, 4.69) is 70.5 Å². The normalized spacial score (nSPS) is 14.2. The number of hydrogen-bond donors (Lipinski definition) is 1. The van der Waals surface area contributed by atoms with Crippen molar-refractivity contribution in [3.05, 3.63) is 41.1 Å². The number of benzene rings is 1. The van der Waals surface area contributed by atoms with Crippen LogP contribution in [-0.4, -0.2) is 21.7 Å². The summed E-state index contributed by atoms with van der Waals surface area (Å²) in [7, 11) is 1.21. The molecule has 0 aromatic heterocycles. The minimum atomic E-state index is -1.05. The van der Waals surface area contributed by atoms with Crippen LogP contribution in [0.4, 0.5) is 5.69 Å². The van der Waals surface area contributed by atoms with E-state index in [9.17, 15) is 0 Å². The molecule has 0 amide bonds. The Labute approximate surface area is 107 Å². The molecule has 1 aromatic rings. The van der Waals surface area contributed by atoms with Crippen LogP contribution in [0.5, 0.6) is 0 Å². The quantitative estimate of drug-likeness (QED) is 0.782. The molecule has 1 unspecified atom stereocenters. The fourth-order valence-corrected chi connectivity index (χ4v) is 3.00. The second-order valence-electron chi connectivity index (χ2n) is 6.02. The van der Waals surface area contributed by atoms with Crippen molar-refractivity contribution >= 4 is 13.8 Å². The molecule has 17 heavy (non-hydrogen) atoms. The third kappa shape index (κ3) is 4.48. The zero-order valence-corrected chi connectivity index (χ0v) is 13.1. The maximum absolute atomic E-state index is 2.43. The second kappa shape index (κ2) is 5.65. The Hall–Kier alpha value is -0.863. The summed E-state index contributed by atoms with van der Waals surface area (Å²) >= 11 is 0. The Balaban J connectivity index is 2.77. The lowest BCUT2D eigenvalue weighted by atomic mass is 10.1. The molecule has 1 N–H and O–H groups in total. The first-order valence-corrected chi connectivity index (χ1v) is 9.96. The molecule has 1 nitrogen and oxygen atoms in total. The highest BCUT2D eigenvalue weighted by Crippen LogP contribution is 2.14. The number of rotatable bonds is 4. The molecule has 0 bridgehead atoms. The summed E-state index contributed by atoms with van der Waals surface area (Å²) in [6.45, 7) is 12.6. The van der Waals surface area contributed by atoms with Gasteiger partial charge in [0.25, 0.3) is 0 Å². The standard InChI is InChI=1S/C15H25NSi/c1-13-9-7-10-14(2)15(13)16(3)11-8-12-17(4,5)6/h7-10,12H,11H2,1-6H3/p+1/b12-8+. The second-order valence-corrected chi connectivity index (χ2v) is 11.1. The molecule has 0 aliphatic carbocycles. The van der Waals surface area contributed by atoms with Crippen molar-refractivity contribution in [1.29, 1.82) is 0 Å². The number of likely N-dealkylation sites (N-methyl/N-ethyl adjacent to an activating group) is 1. The predicted molar refractivity (Wildman–Crippen MR) is 79.8 cm³/mol. The molecular weight excluding hydrogens is 222 g/mol. The van der Waals surface area contributed by atoms with Gasteiger partial charge < -0.3 is 4.90 Å². The average Bonchev–Trinajstić information content (AvgIpc) is 2.15. The van der Waals surface area contributed by atoms with Gasteiger partial charge in [-0.05, 0) is 19.9 Å². The number of hydrogen-bond acceptors (Lipinski definition) is 0. The number of aryl methyl sites for hydroxylation is 2. The first kappa shape index (κ1) is 14.2. The lowest BCUT2D eigenvalue weighted by molar-refractivity contribution is -0.803. The molecule has 0 aliphatic rings. The van der Waals surface area contributed by atoms with Crippen LogP contribution in [-0.2, 0) is 0 Å². The summed E-state index contributed by atoms with van der Waals surface area (Å²) in [6.07, 6.45) is 2.35. The smallest absolute Gasteiger partial charge is 0.137 e. The molecule has 0 spiro atoms. The Bertz CT molecular complexity index is 382. The van der Waals surface area contributed by atoms with E-state index in [-0.39, 0.29) is 0 Å². The van der Waals surface area contributed by atoms with Crippen molar-refractivity contribution in [1.82, 2.24) is 0 Å². The topological polar surface area (TPSA) is 4.44 Å². The van der Waals surface area contributed by atoms with Crippen LogP contribution >= 0.6 is 0 Å². The highest BCUT2D eigenvalue weighted by Gasteiger charge is 2.12. The van der Waals surface area contributed by atoms with Crippen LogP contribution in [0.2, 0.25) is 19.6 Å². The molecule has 2 heteroatoms. The highest BCUT2D eigenvalue weighted by molar-refractivity contribution is 6.80. The van der Waals surface area contributed by atoms with Crippen LogP contribution in [0.25, 0.3) is 0 Å². The van der Waals surface area contributed by atoms with Gasteiger partial charge in [-0.3, -0.25) is 0 Å². The summed E-state index contributed by atoms with van der Waals surface area (Å²) in [5.41, 5.74) is 6.67. The van der Waals surface area contributed by atoms with Crippen molar-refractivity contribution in [2.24, 2.45) is 0 Å². The lowest BCUT2D eigenvalue weighted by Gasteiger charge is -2.17. The SMILES string of the molecule is Cc1cccc(C)c1[NH+](C)C/C=C/[Si](C)(C)C. The van der Waals surface area contributed by atoms with Gasteiger partial charge in [0.2, 0.25) is 0 Å². The highest BCUT2D eigenvalue weighted by atomic mass is 28.3. The third-order valence-electron chi connectivity index (χ3n) is 2.95. The third-order valence-corrected chi connectivity index (χ3v) is 4.19. The van der Waals surface area contributed by atoms with E-state index in [1.165, 1.54) is 21.7 Å². The summed E-state index contributed by atoms with van der Waals surface area (Å²) in [5, 5.41) is 0. The first-order valence-electron chi connectivity index (χ1n) is 6.38. The number of nitrogens with one attached hydrogen (secondary N) is 1. The zero-order valence-electron chi connectivity index (χ0n) is 12.1. The molecule has 0 saturated heterocycles. The van der Waals surface area contributed by atoms with Gasteiger partial charge in [-0.2, -0.15) is 0 Å². The largest absolute Gasteiger partial charge is 0.301 e. The zero-order chi connectivity index (χ0) is 13.1. The fraction of sp³-hybridized carbons (Fsp3) is 0.467. The van der Waals surface area contributed by atoms with Crippen molar-refractivity contribution < 1.29 is 4.90 Å². The number of quaternary nitrogens is 1. The number of para-hydroxylation sites is 1. The molecule has 94 valence electrons. The van der Waals surface area contributed by atoms with E-state index >= 15 is 0 Å². The Morgan fingerprint density at radius 3 is 2.12 bits per heavy atom. The summed E-state index contributed by atoms with van der Waals surface area (Å²) in [4.78, 5) is 1.48. The van der Waals surface area contributed by atoms with Crippen molar-refractivity contribution in [2.45, 2.75) is 33.5 Å². The van der Waals surface area contributed by atoms with Crippen molar-refractivity contribution in [3.63, 3.8) is 0 Å². The molecule has 0 aliphatic heterocycles. The van der Waals surface area contributed by atoms with Crippen LogP contribution < -0.4 is 4.90 Å². The van der Waals surface area contributed by atoms with Crippen molar-refractivity contribution in [3.8, 4) is 0 Å². The minimum absolute atomic E-state index is 1.05. The Morgan fingerprint density at radius 1 is 1.12 bits per heavy atom.